The van der Waals surface area contributed by atoms with E-state index in [-0.39, 0.29) is 30.2 Å². The summed E-state index contributed by atoms with van der Waals surface area (Å²) in [6.07, 6.45) is 0. The van der Waals surface area contributed by atoms with Gasteiger partial charge in [-0.15, -0.1) is 0 Å². The number of carbonyl (C=O) groups is 2. The Morgan fingerprint density at radius 3 is 2.56 bits per heavy atom. The predicted octanol–water partition coefficient (Wildman–Crippen LogP) is 2.63. The predicted molar refractivity (Wildman–Crippen MR) is 96.6 cm³/mol. The maximum atomic E-state index is 14.0. The van der Waals surface area contributed by atoms with Crippen LogP contribution in [0, 0.1) is 5.82 Å². The Balaban J connectivity index is 1.53. The molecule has 2 amide bonds. The van der Waals surface area contributed by atoms with Gasteiger partial charge in [-0.1, -0.05) is 17.7 Å². The fourth-order valence-corrected chi connectivity index (χ4v) is 3.37. The molecule has 0 saturated carbocycles. The van der Waals surface area contributed by atoms with Crippen molar-refractivity contribution in [1.82, 2.24) is 4.90 Å². The van der Waals surface area contributed by atoms with Crippen LogP contribution in [0.5, 0.6) is 11.5 Å². The van der Waals surface area contributed by atoms with Crippen LogP contribution in [-0.4, -0.2) is 43.0 Å². The van der Waals surface area contributed by atoms with Crippen LogP contribution in [0.4, 0.5) is 10.1 Å². The highest BCUT2D eigenvalue weighted by atomic mass is 35.5. The largest absolute Gasteiger partial charge is 0.486 e. The molecular weight excluding hydrogens is 375 g/mol. The molecule has 0 spiro atoms. The zero-order valence-corrected chi connectivity index (χ0v) is 15.0. The van der Waals surface area contributed by atoms with E-state index >= 15 is 0 Å². The molecule has 6 nitrogen and oxygen atoms in total. The van der Waals surface area contributed by atoms with E-state index < -0.39 is 17.6 Å². The smallest absolute Gasteiger partial charge is 0.316 e. The lowest BCUT2D eigenvalue weighted by Gasteiger charge is -2.34. The number of benzene rings is 2. The van der Waals surface area contributed by atoms with Gasteiger partial charge in [0.2, 0.25) is 0 Å². The Kier molecular flexibility index (Phi) is 4.61. The molecular formula is C19H16ClFN2O4. The summed E-state index contributed by atoms with van der Waals surface area (Å²) in [5, 5.41) is 0.226. The van der Waals surface area contributed by atoms with E-state index in [0.717, 1.165) is 0 Å². The second kappa shape index (κ2) is 7.08. The van der Waals surface area contributed by atoms with Crippen molar-refractivity contribution in [2.75, 3.05) is 31.2 Å². The number of rotatable bonds is 3. The molecule has 0 radical (unpaired) electrons. The normalized spacial score (nSPS) is 16.7. The SMILES string of the molecule is O=C1C(=O)N(c2ccc3c(c2)OCCO3)CCN1Cc1c(F)cccc1Cl. The molecule has 0 aliphatic carbocycles. The van der Waals surface area contributed by atoms with Crippen molar-refractivity contribution in [1.29, 1.82) is 0 Å². The third-order valence-corrected chi connectivity index (χ3v) is 4.91. The van der Waals surface area contributed by atoms with E-state index in [1.165, 1.54) is 21.9 Å². The van der Waals surface area contributed by atoms with Gasteiger partial charge in [-0.3, -0.25) is 9.59 Å². The first kappa shape index (κ1) is 17.6. The van der Waals surface area contributed by atoms with Crippen LogP contribution in [0.25, 0.3) is 0 Å². The van der Waals surface area contributed by atoms with Crippen LogP contribution < -0.4 is 14.4 Å². The van der Waals surface area contributed by atoms with Gasteiger partial charge in [-0.05, 0) is 24.3 Å². The molecule has 1 saturated heterocycles. The third kappa shape index (κ3) is 3.30. The number of amides is 2. The molecule has 2 aromatic carbocycles. The second-order valence-electron chi connectivity index (χ2n) is 6.21. The average Bonchev–Trinajstić information content (AvgIpc) is 2.68. The summed E-state index contributed by atoms with van der Waals surface area (Å²) >= 11 is 6.03. The Labute approximate surface area is 160 Å². The highest BCUT2D eigenvalue weighted by Gasteiger charge is 2.34. The van der Waals surface area contributed by atoms with Gasteiger partial charge in [0, 0.05) is 35.4 Å². The minimum Gasteiger partial charge on any atom is -0.486 e. The van der Waals surface area contributed by atoms with Crippen LogP contribution in [0.1, 0.15) is 5.56 Å². The van der Waals surface area contributed by atoms with E-state index in [0.29, 0.717) is 30.4 Å². The fourth-order valence-electron chi connectivity index (χ4n) is 3.15. The zero-order chi connectivity index (χ0) is 19.0. The van der Waals surface area contributed by atoms with Crippen LogP contribution in [0.15, 0.2) is 36.4 Å². The van der Waals surface area contributed by atoms with E-state index in [9.17, 15) is 14.0 Å². The van der Waals surface area contributed by atoms with E-state index in [4.69, 9.17) is 21.1 Å². The Bertz CT molecular complexity index is 900. The van der Waals surface area contributed by atoms with E-state index in [1.807, 2.05) is 0 Å². The molecule has 2 aliphatic rings. The maximum Gasteiger partial charge on any atom is 0.316 e. The zero-order valence-electron chi connectivity index (χ0n) is 14.3. The first-order valence-electron chi connectivity index (χ1n) is 8.48. The van der Waals surface area contributed by atoms with Crippen LogP contribution in [-0.2, 0) is 16.1 Å². The summed E-state index contributed by atoms with van der Waals surface area (Å²) in [6.45, 7) is 1.41. The van der Waals surface area contributed by atoms with E-state index in [1.54, 1.807) is 24.3 Å². The number of ether oxygens (including phenoxy) is 2. The number of hydrogen-bond acceptors (Lipinski definition) is 4. The fraction of sp³-hybridized carbons (Fsp3) is 0.263. The number of carbonyl (C=O) groups excluding carboxylic acids is 2. The summed E-state index contributed by atoms with van der Waals surface area (Å²) in [4.78, 5) is 27.8. The maximum absolute atomic E-state index is 14.0. The standard InChI is InChI=1S/C19H16ClFN2O4/c20-14-2-1-3-15(21)13(14)11-22-6-7-23(19(25)18(22)24)12-4-5-16-17(10-12)27-9-8-26-16/h1-5,10H,6-9,11H2. The van der Waals surface area contributed by atoms with Crippen LogP contribution in [0.3, 0.4) is 0 Å². The second-order valence-corrected chi connectivity index (χ2v) is 6.62. The third-order valence-electron chi connectivity index (χ3n) is 4.56. The van der Waals surface area contributed by atoms with Gasteiger partial charge in [0.15, 0.2) is 11.5 Å². The van der Waals surface area contributed by atoms with Crippen molar-refractivity contribution in [3.05, 3.63) is 52.8 Å². The lowest BCUT2D eigenvalue weighted by molar-refractivity contribution is -0.146. The number of piperazine rings is 1. The molecule has 8 heteroatoms. The summed E-state index contributed by atoms with van der Waals surface area (Å²) in [7, 11) is 0. The van der Waals surface area contributed by atoms with Crippen molar-refractivity contribution in [3.8, 4) is 11.5 Å². The molecule has 1 fully saturated rings. The Morgan fingerprint density at radius 2 is 1.78 bits per heavy atom. The molecule has 2 aromatic rings. The average molecular weight is 391 g/mol. The molecule has 0 atom stereocenters. The first-order valence-corrected chi connectivity index (χ1v) is 8.85. The molecule has 140 valence electrons. The molecule has 0 N–H and O–H groups in total. The summed E-state index contributed by atoms with van der Waals surface area (Å²) < 4.78 is 25.0. The van der Waals surface area contributed by atoms with Crippen molar-refractivity contribution < 1.29 is 23.5 Å². The highest BCUT2D eigenvalue weighted by Crippen LogP contribution is 2.34. The van der Waals surface area contributed by atoms with Gasteiger partial charge >= 0.3 is 11.8 Å². The van der Waals surface area contributed by atoms with Crippen molar-refractivity contribution in [3.63, 3.8) is 0 Å². The molecule has 4 rings (SSSR count). The minimum atomic E-state index is -0.699. The number of hydrogen-bond donors (Lipinski definition) is 0. The molecule has 0 unspecified atom stereocenters. The van der Waals surface area contributed by atoms with Gasteiger partial charge in [-0.2, -0.15) is 0 Å². The molecule has 27 heavy (non-hydrogen) atoms. The van der Waals surface area contributed by atoms with Gasteiger partial charge in [0.05, 0.1) is 6.54 Å². The lowest BCUT2D eigenvalue weighted by Crippen LogP contribution is -2.54. The van der Waals surface area contributed by atoms with Gasteiger partial charge < -0.3 is 19.3 Å². The summed E-state index contributed by atoms with van der Waals surface area (Å²) in [6, 6.07) is 9.43. The van der Waals surface area contributed by atoms with Gasteiger partial charge in [0.25, 0.3) is 0 Å². The Morgan fingerprint density at radius 1 is 1.00 bits per heavy atom. The van der Waals surface area contributed by atoms with Crippen LogP contribution in [0.2, 0.25) is 5.02 Å². The number of nitrogens with zero attached hydrogens (tertiary/aromatic N) is 2. The van der Waals surface area contributed by atoms with Gasteiger partial charge in [-0.25, -0.2) is 4.39 Å². The quantitative estimate of drug-likeness (QED) is 0.756. The molecule has 0 bridgehead atoms. The van der Waals surface area contributed by atoms with E-state index in [2.05, 4.69) is 0 Å². The molecule has 2 heterocycles. The van der Waals surface area contributed by atoms with Crippen LogP contribution >= 0.6 is 11.6 Å². The monoisotopic (exact) mass is 390 g/mol. The van der Waals surface area contributed by atoms with Crippen molar-refractivity contribution in [2.24, 2.45) is 0 Å². The Hall–Kier alpha value is -2.80. The van der Waals surface area contributed by atoms with Crippen molar-refractivity contribution in [2.45, 2.75) is 6.54 Å². The number of halogens is 2. The summed E-state index contributed by atoms with van der Waals surface area (Å²) in [5.41, 5.74) is 0.759. The minimum absolute atomic E-state index is 0.0505. The van der Waals surface area contributed by atoms with Gasteiger partial charge in [0.1, 0.15) is 19.0 Å². The number of anilines is 1. The summed E-state index contributed by atoms with van der Waals surface area (Å²) in [5.74, 6) is -0.728. The first-order chi connectivity index (χ1) is 13.0. The lowest BCUT2D eigenvalue weighted by atomic mass is 10.1. The molecule has 2 aliphatic heterocycles. The van der Waals surface area contributed by atoms with Crippen molar-refractivity contribution >= 4 is 29.1 Å². The number of fused-ring (bicyclic) bond motifs is 1. The topological polar surface area (TPSA) is 59.1 Å². The molecule has 0 aromatic heterocycles. The highest BCUT2D eigenvalue weighted by molar-refractivity contribution is 6.41.